The first kappa shape index (κ1) is 14.0. The van der Waals surface area contributed by atoms with Crippen molar-refractivity contribution in [3.8, 4) is 0 Å². The van der Waals surface area contributed by atoms with Crippen LogP contribution in [0.3, 0.4) is 0 Å². The van der Waals surface area contributed by atoms with Gasteiger partial charge in [0.1, 0.15) is 5.01 Å². The van der Waals surface area contributed by atoms with Gasteiger partial charge in [0.2, 0.25) is 5.91 Å². The molecule has 0 saturated heterocycles. The van der Waals surface area contributed by atoms with E-state index in [2.05, 4.69) is 10.3 Å². The van der Waals surface area contributed by atoms with Gasteiger partial charge in [-0.05, 0) is 31.0 Å². The van der Waals surface area contributed by atoms with Crippen LogP contribution in [0.1, 0.15) is 22.7 Å². The van der Waals surface area contributed by atoms with Crippen LogP contribution in [-0.2, 0) is 17.8 Å². The van der Waals surface area contributed by atoms with Crippen molar-refractivity contribution in [1.82, 2.24) is 10.3 Å². The third kappa shape index (κ3) is 4.65. The number of hydrogen-bond acceptors (Lipinski definition) is 3. The van der Waals surface area contributed by atoms with Crippen LogP contribution in [0.5, 0.6) is 0 Å². The van der Waals surface area contributed by atoms with E-state index in [0.29, 0.717) is 18.0 Å². The van der Waals surface area contributed by atoms with Gasteiger partial charge in [0.15, 0.2) is 0 Å². The molecule has 0 saturated carbocycles. The van der Waals surface area contributed by atoms with Crippen molar-refractivity contribution in [2.24, 2.45) is 0 Å². The number of aromatic nitrogens is 1. The van der Waals surface area contributed by atoms with Gasteiger partial charge in [0.05, 0.1) is 6.54 Å². The van der Waals surface area contributed by atoms with Crippen LogP contribution in [0.2, 0.25) is 5.02 Å². The molecule has 0 aliphatic heterocycles. The van der Waals surface area contributed by atoms with Crippen molar-refractivity contribution in [2.45, 2.75) is 26.3 Å². The zero-order chi connectivity index (χ0) is 13.7. The van der Waals surface area contributed by atoms with Crippen LogP contribution in [0, 0.1) is 6.92 Å². The minimum absolute atomic E-state index is 0.0443. The standard InChI is InChI=1S/C14H15ClN2OS/c1-10-9-19-14(17-10)8-16-13(18)7-4-11-2-5-12(15)6-3-11/h2-3,5-6,9H,4,7-8H2,1H3,(H,16,18). The van der Waals surface area contributed by atoms with Gasteiger partial charge in [-0.15, -0.1) is 11.3 Å². The molecule has 1 aromatic heterocycles. The number of halogens is 1. The van der Waals surface area contributed by atoms with Crippen LogP contribution >= 0.6 is 22.9 Å². The Kier molecular flexibility index (Phi) is 4.93. The third-order valence-electron chi connectivity index (χ3n) is 2.66. The van der Waals surface area contributed by atoms with E-state index in [-0.39, 0.29) is 5.91 Å². The number of aryl methyl sites for hydroxylation is 2. The first-order chi connectivity index (χ1) is 9.13. The number of amides is 1. The topological polar surface area (TPSA) is 42.0 Å². The summed E-state index contributed by atoms with van der Waals surface area (Å²) in [5, 5.41) is 6.52. The van der Waals surface area contributed by atoms with Crippen LogP contribution in [-0.4, -0.2) is 10.9 Å². The Bertz CT molecular complexity index is 551. The molecule has 2 rings (SSSR count). The second-order valence-corrected chi connectivity index (χ2v) is 5.66. The molecule has 0 aliphatic carbocycles. The molecule has 100 valence electrons. The summed E-state index contributed by atoms with van der Waals surface area (Å²) >= 11 is 7.38. The van der Waals surface area contributed by atoms with Gasteiger partial charge < -0.3 is 5.32 Å². The highest BCUT2D eigenvalue weighted by molar-refractivity contribution is 7.09. The molecule has 1 aromatic carbocycles. The van der Waals surface area contributed by atoms with Crippen molar-refractivity contribution >= 4 is 28.8 Å². The molecule has 1 N–H and O–H groups in total. The highest BCUT2D eigenvalue weighted by Gasteiger charge is 2.04. The van der Waals surface area contributed by atoms with Gasteiger partial charge in [-0.1, -0.05) is 23.7 Å². The van der Waals surface area contributed by atoms with E-state index in [1.54, 1.807) is 11.3 Å². The maximum absolute atomic E-state index is 11.7. The largest absolute Gasteiger partial charge is 0.350 e. The molecule has 0 fully saturated rings. The molecule has 0 radical (unpaired) electrons. The minimum atomic E-state index is 0.0443. The average molecular weight is 295 g/mol. The second kappa shape index (κ2) is 6.68. The van der Waals surface area contributed by atoms with Crippen molar-refractivity contribution in [1.29, 1.82) is 0 Å². The Balaban J connectivity index is 1.74. The summed E-state index contributed by atoms with van der Waals surface area (Å²) in [5.74, 6) is 0.0443. The molecule has 5 heteroatoms. The van der Waals surface area contributed by atoms with Gasteiger partial charge in [-0.2, -0.15) is 0 Å². The summed E-state index contributed by atoms with van der Waals surface area (Å²) in [6.45, 7) is 2.46. The molecule has 0 aliphatic rings. The lowest BCUT2D eigenvalue weighted by Crippen LogP contribution is -2.22. The van der Waals surface area contributed by atoms with E-state index in [0.717, 1.165) is 22.7 Å². The van der Waals surface area contributed by atoms with Gasteiger partial charge in [0, 0.05) is 22.5 Å². The maximum atomic E-state index is 11.7. The molecule has 0 bridgehead atoms. The fourth-order valence-corrected chi connectivity index (χ4v) is 2.49. The Morgan fingerprint density at radius 3 is 2.74 bits per heavy atom. The summed E-state index contributed by atoms with van der Waals surface area (Å²) in [6, 6.07) is 7.57. The molecule has 3 nitrogen and oxygen atoms in total. The molecule has 19 heavy (non-hydrogen) atoms. The van der Waals surface area contributed by atoms with E-state index in [9.17, 15) is 4.79 Å². The number of nitrogens with one attached hydrogen (secondary N) is 1. The Hall–Kier alpha value is -1.39. The van der Waals surface area contributed by atoms with E-state index in [1.807, 2.05) is 36.6 Å². The molecule has 2 aromatic rings. The highest BCUT2D eigenvalue weighted by Crippen LogP contribution is 2.11. The smallest absolute Gasteiger partial charge is 0.220 e. The van der Waals surface area contributed by atoms with E-state index < -0.39 is 0 Å². The van der Waals surface area contributed by atoms with Crippen molar-refractivity contribution in [3.63, 3.8) is 0 Å². The number of rotatable bonds is 5. The lowest BCUT2D eigenvalue weighted by Gasteiger charge is -2.03. The van der Waals surface area contributed by atoms with Crippen molar-refractivity contribution in [3.05, 3.63) is 50.9 Å². The summed E-state index contributed by atoms with van der Waals surface area (Å²) in [4.78, 5) is 16.0. The quantitative estimate of drug-likeness (QED) is 0.919. The van der Waals surface area contributed by atoms with Crippen molar-refractivity contribution < 1.29 is 4.79 Å². The summed E-state index contributed by atoms with van der Waals surface area (Å²) < 4.78 is 0. The second-order valence-electron chi connectivity index (χ2n) is 4.29. The van der Waals surface area contributed by atoms with Gasteiger partial charge >= 0.3 is 0 Å². The Morgan fingerprint density at radius 1 is 1.37 bits per heavy atom. The number of benzene rings is 1. The summed E-state index contributed by atoms with van der Waals surface area (Å²) in [7, 11) is 0. The van der Waals surface area contributed by atoms with Crippen LogP contribution in [0.4, 0.5) is 0 Å². The van der Waals surface area contributed by atoms with E-state index in [4.69, 9.17) is 11.6 Å². The molecule has 1 heterocycles. The first-order valence-corrected chi connectivity index (χ1v) is 7.31. The van der Waals surface area contributed by atoms with Gasteiger partial charge in [0.25, 0.3) is 0 Å². The van der Waals surface area contributed by atoms with Gasteiger partial charge in [-0.3, -0.25) is 4.79 Å². The lowest BCUT2D eigenvalue weighted by atomic mass is 10.1. The Morgan fingerprint density at radius 2 is 2.11 bits per heavy atom. The van der Waals surface area contributed by atoms with E-state index in [1.165, 1.54) is 0 Å². The number of nitrogens with zero attached hydrogens (tertiary/aromatic N) is 1. The lowest BCUT2D eigenvalue weighted by molar-refractivity contribution is -0.121. The number of carbonyl (C=O) groups excluding carboxylic acids is 1. The zero-order valence-electron chi connectivity index (χ0n) is 10.6. The maximum Gasteiger partial charge on any atom is 0.220 e. The van der Waals surface area contributed by atoms with Crippen LogP contribution < -0.4 is 5.32 Å². The zero-order valence-corrected chi connectivity index (χ0v) is 12.2. The molecular formula is C14H15ClN2OS. The Labute approximate surface area is 121 Å². The summed E-state index contributed by atoms with van der Waals surface area (Å²) in [5.41, 5.74) is 2.11. The average Bonchev–Trinajstić information content (AvgIpc) is 2.81. The molecule has 0 spiro atoms. The normalized spacial score (nSPS) is 10.4. The number of hydrogen-bond donors (Lipinski definition) is 1. The SMILES string of the molecule is Cc1csc(CNC(=O)CCc2ccc(Cl)cc2)n1. The third-order valence-corrected chi connectivity index (χ3v) is 3.88. The molecular weight excluding hydrogens is 280 g/mol. The summed E-state index contributed by atoms with van der Waals surface area (Å²) in [6.07, 6.45) is 1.20. The number of thiazole rings is 1. The fraction of sp³-hybridized carbons (Fsp3) is 0.286. The monoisotopic (exact) mass is 294 g/mol. The molecule has 1 amide bonds. The van der Waals surface area contributed by atoms with Crippen molar-refractivity contribution in [2.75, 3.05) is 0 Å². The van der Waals surface area contributed by atoms with Crippen LogP contribution in [0.15, 0.2) is 29.6 Å². The molecule has 0 atom stereocenters. The first-order valence-electron chi connectivity index (χ1n) is 6.05. The predicted octanol–water partition coefficient (Wildman–Crippen LogP) is 3.35. The van der Waals surface area contributed by atoms with Gasteiger partial charge in [-0.25, -0.2) is 4.98 Å². The fourth-order valence-electron chi connectivity index (χ4n) is 1.66. The molecule has 0 unspecified atom stereocenters. The highest BCUT2D eigenvalue weighted by atomic mass is 35.5. The van der Waals surface area contributed by atoms with E-state index >= 15 is 0 Å². The minimum Gasteiger partial charge on any atom is -0.350 e. The number of carbonyl (C=O) groups is 1. The predicted molar refractivity (Wildman–Crippen MR) is 78.5 cm³/mol. The van der Waals surface area contributed by atoms with Crippen LogP contribution in [0.25, 0.3) is 0 Å².